The fraction of sp³-hybridized carbons (Fsp3) is 0.474. The van der Waals surface area contributed by atoms with Gasteiger partial charge in [-0.1, -0.05) is 32.9 Å². The van der Waals surface area contributed by atoms with Crippen LogP contribution >= 0.6 is 0 Å². The van der Waals surface area contributed by atoms with Gasteiger partial charge in [0.25, 0.3) is 0 Å². The second-order valence-electron chi connectivity index (χ2n) is 6.56. The van der Waals surface area contributed by atoms with Crippen LogP contribution in [0.3, 0.4) is 0 Å². The SMILES string of the molecule is CCCOc1ncc(C(F)(F)F)c(N(C)c2ccc(CC(C)C)cc2)n1. The predicted molar refractivity (Wildman–Crippen MR) is 95.9 cm³/mol. The van der Waals surface area contributed by atoms with Crippen molar-refractivity contribution in [3.63, 3.8) is 0 Å². The number of aromatic nitrogens is 2. The lowest BCUT2D eigenvalue weighted by Crippen LogP contribution is -2.19. The number of benzene rings is 1. The molecule has 0 amide bonds. The molecule has 0 saturated heterocycles. The van der Waals surface area contributed by atoms with Crippen molar-refractivity contribution in [2.75, 3.05) is 18.6 Å². The Morgan fingerprint density at radius 1 is 1.15 bits per heavy atom. The predicted octanol–water partition coefficient (Wildman–Crippen LogP) is 5.25. The summed E-state index contributed by atoms with van der Waals surface area (Å²) >= 11 is 0. The zero-order chi connectivity index (χ0) is 19.3. The first-order valence-corrected chi connectivity index (χ1v) is 8.62. The molecule has 0 spiro atoms. The molecule has 0 bridgehead atoms. The molecule has 1 aromatic carbocycles. The van der Waals surface area contributed by atoms with Crippen molar-refractivity contribution in [2.45, 2.75) is 39.8 Å². The summed E-state index contributed by atoms with van der Waals surface area (Å²) in [5.74, 6) is 0.283. The van der Waals surface area contributed by atoms with Crippen molar-refractivity contribution in [1.29, 1.82) is 0 Å². The molecule has 2 rings (SSSR count). The molecule has 0 aliphatic heterocycles. The van der Waals surface area contributed by atoms with Crippen molar-refractivity contribution < 1.29 is 17.9 Å². The van der Waals surface area contributed by atoms with Crippen molar-refractivity contribution >= 4 is 11.5 Å². The quantitative estimate of drug-likeness (QED) is 0.670. The van der Waals surface area contributed by atoms with E-state index in [0.29, 0.717) is 24.6 Å². The summed E-state index contributed by atoms with van der Waals surface area (Å²) in [4.78, 5) is 9.09. The second-order valence-corrected chi connectivity index (χ2v) is 6.56. The summed E-state index contributed by atoms with van der Waals surface area (Å²) in [6.07, 6.45) is -2.14. The monoisotopic (exact) mass is 367 g/mol. The molecular weight excluding hydrogens is 343 g/mol. The molecule has 7 heteroatoms. The number of hydrogen-bond donors (Lipinski definition) is 0. The first kappa shape index (κ1) is 20.0. The molecular formula is C19H24F3N3O. The van der Waals surface area contributed by atoms with Gasteiger partial charge in [-0.05, 0) is 36.5 Å². The molecule has 4 nitrogen and oxygen atoms in total. The Hall–Kier alpha value is -2.31. The molecule has 1 heterocycles. The van der Waals surface area contributed by atoms with Crippen LogP contribution in [-0.4, -0.2) is 23.6 Å². The molecule has 0 aliphatic carbocycles. The Morgan fingerprint density at radius 3 is 2.35 bits per heavy atom. The molecule has 0 unspecified atom stereocenters. The van der Waals surface area contributed by atoms with E-state index in [1.165, 1.54) is 4.90 Å². The third kappa shape index (κ3) is 5.09. The molecule has 0 fully saturated rings. The summed E-state index contributed by atoms with van der Waals surface area (Å²) < 4.78 is 45.4. The van der Waals surface area contributed by atoms with E-state index in [1.54, 1.807) is 19.2 Å². The van der Waals surface area contributed by atoms with Gasteiger partial charge < -0.3 is 9.64 Å². The Kier molecular flexibility index (Phi) is 6.45. The minimum Gasteiger partial charge on any atom is -0.463 e. The van der Waals surface area contributed by atoms with E-state index in [4.69, 9.17) is 4.74 Å². The molecule has 1 aromatic heterocycles. The fourth-order valence-electron chi connectivity index (χ4n) is 2.53. The first-order valence-electron chi connectivity index (χ1n) is 8.62. The van der Waals surface area contributed by atoms with Crippen LogP contribution in [0, 0.1) is 5.92 Å². The molecule has 0 aliphatic rings. The minimum absolute atomic E-state index is 0.0573. The Morgan fingerprint density at radius 2 is 1.81 bits per heavy atom. The highest BCUT2D eigenvalue weighted by Crippen LogP contribution is 2.37. The topological polar surface area (TPSA) is 38.2 Å². The smallest absolute Gasteiger partial charge is 0.421 e. The zero-order valence-electron chi connectivity index (χ0n) is 15.5. The number of ether oxygens (including phenoxy) is 1. The van der Waals surface area contributed by atoms with E-state index >= 15 is 0 Å². The van der Waals surface area contributed by atoms with Gasteiger partial charge in [0.2, 0.25) is 0 Å². The van der Waals surface area contributed by atoms with Crippen LogP contribution in [-0.2, 0) is 12.6 Å². The molecule has 142 valence electrons. The summed E-state index contributed by atoms with van der Waals surface area (Å²) in [7, 11) is 1.55. The highest BCUT2D eigenvalue weighted by Gasteiger charge is 2.36. The Balaban J connectivity index is 2.37. The molecule has 0 radical (unpaired) electrons. The highest BCUT2D eigenvalue weighted by molar-refractivity contribution is 5.63. The summed E-state index contributed by atoms with van der Waals surface area (Å²) in [5, 5.41) is 0. The molecule has 0 atom stereocenters. The van der Waals surface area contributed by atoms with Gasteiger partial charge in [-0.2, -0.15) is 18.2 Å². The molecule has 26 heavy (non-hydrogen) atoms. The molecule has 0 saturated carbocycles. The normalized spacial score (nSPS) is 11.7. The van der Waals surface area contributed by atoms with Gasteiger partial charge >= 0.3 is 12.2 Å². The van der Waals surface area contributed by atoms with Gasteiger partial charge in [-0.15, -0.1) is 0 Å². The lowest BCUT2D eigenvalue weighted by atomic mass is 10.0. The maximum absolute atomic E-state index is 13.4. The first-order chi connectivity index (χ1) is 12.2. The van der Waals surface area contributed by atoms with Gasteiger partial charge in [-0.3, -0.25) is 0 Å². The summed E-state index contributed by atoms with van der Waals surface area (Å²) in [5.41, 5.74) is 0.862. The summed E-state index contributed by atoms with van der Waals surface area (Å²) in [6, 6.07) is 7.39. The average molecular weight is 367 g/mol. The lowest BCUT2D eigenvalue weighted by molar-refractivity contribution is -0.137. The molecule has 2 aromatic rings. The Labute approximate surface area is 152 Å². The zero-order valence-corrected chi connectivity index (χ0v) is 15.5. The largest absolute Gasteiger partial charge is 0.463 e. The molecule has 0 N–H and O–H groups in total. The Bertz CT molecular complexity index is 715. The van der Waals surface area contributed by atoms with Crippen molar-refractivity contribution in [3.05, 3.63) is 41.6 Å². The van der Waals surface area contributed by atoms with Crippen LogP contribution in [0.4, 0.5) is 24.7 Å². The van der Waals surface area contributed by atoms with Gasteiger partial charge in [-0.25, -0.2) is 4.98 Å². The number of hydrogen-bond acceptors (Lipinski definition) is 4. The van der Waals surface area contributed by atoms with Crippen LogP contribution in [0.5, 0.6) is 6.01 Å². The van der Waals surface area contributed by atoms with Gasteiger partial charge in [0.05, 0.1) is 6.61 Å². The van der Waals surface area contributed by atoms with Crippen molar-refractivity contribution in [1.82, 2.24) is 9.97 Å². The standard InChI is InChI=1S/C19H24F3N3O/c1-5-10-26-18-23-12-16(19(20,21)22)17(24-18)25(4)15-8-6-14(7-9-15)11-13(2)3/h6-9,12-13H,5,10-11H2,1-4H3. The maximum atomic E-state index is 13.4. The minimum atomic E-state index is -4.55. The van der Waals surface area contributed by atoms with E-state index in [1.807, 2.05) is 19.1 Å². The number of rotatable bonds is 7. The van der Waals surface area contributed by atoms with Gasteiger partial charge in [0.1, 0.15) is 5.56 Å². The number of alkyl halides is 3. The average Bonchev–Trinajstić information content (AvgIpc) is 2.58. The van der Waals surface area contributed by atoms with Gasteiger partial charge in [0.15, 0.2) is 5.82 Å². The maximum Gasteiger partial charge on any atom is 0.421 e. The number of halogens is 3. The third-order valence-corrected chi connectivity index (χ3v) is 3.77. The van der Waals surface area contributed by atoms with E-state index in [0.717, 1.165) is 18.2 Å². The third-order valence-electron chi connectivity index (χ3n) is 3.77. The number of nitrogens with zero attached hydrogens (tertiary/aromatic N) is 3. The van der Waals surface area contributed by atoms with Crippen LogP contribution in [0.2, 0.25) is 0 Å². The van der Waals surface area contributed by atoms with Crippen molar-refractivity contribution in [3.8, 4) is 6.01 Å². The van der Waals surface area contributed by atoms with Crippen LogP contribution in [0.15, 0.2) is 30.5 Å². The van der Waals surface area contributed by atoms with E-state index in [2.05, 4.69) is 23.8 Å². The van der Waals surface area contributed by atoms with Crippen molar-refractivity contribution in [2.24, 2.45) is 5.92 Å². The highest BCUT2D eigenvalue weighted by atomic mass is 19.4. The number of anilines is 2. The van der Waals surface area contributed by atoms with E-state index < -0.39 is 11.7 Å². The van der Waals surface area contributed by atoms with E-state index in [9.17, 15) is 13.2 Å². The van der Waals surface area contributed by atoms with Crippen LogP contribution < -0.4 is 9.64 Å². The van der Waals surface area contributed by atoms with Crippen LogP contribution in [0.1, 0.15) is 38.3 Å². The second kappa shape index (κ2) is 8.38. The van der Waals surface area contributed by atoms with E-state index in [-0.39, 0.29) is 11.8 Å². The lowest BCUT2D eigenvalue weighted by Gasteiger charge is -2.23. The van der Waals surface area contributed by atoms with Gasteiger partial charge in [0, 0.05) is 18.9 Å². The fourth-order valence-corrected chi connectivity index (χ4v) is 2.53. The summed E-state index contributed by atoms with van der Waals surface area (Å²) in [6.45, 7) is 6.48. The van der Waals surface area contributed by atoms with Crippen LogP contribution in [0.25, 0.3) is 0 Å².